The highest BCUT2D eigenvalue weighted by atomic mass is 79.9. The third kappa shape index (κ3) is 5.09. The maximum Gasteiger partial charge on any atom is 0.252 e. The van der Waals surface area contributed by atoms with Gasteiger partial charge in [0.05, 0.1) is 11.1 Å². The van der Waals surface area contributed by atoms with Gasteiger partial charge in [0.1, 0.15) is 17.7 Å². The number of aromatic nitrogens is 1. The normalized spacial score (nSPS) is 13.7. The van der Waals surface area contributed by atoms with Crippen LogP contribution in [0, 0.1) is 17.1 Å². The first-order valence-corrected chi connectivity index (χ1v) is 9.90. The average Bonchev–Trinajstić information content (AvgIpc) is 2.75. The third-order valence-corrected chi connectivity index (χ3v) is 5.33. The molecule has 0 saturated carbocycles. The second-order valence-corrected chi connectivity index (χ2v) is 7.34. The molecule has 1 aromatic heterocycles. The molecule has 2 amide bonds. The van der Waals surface area contributed by atoms with Gasteiger partial charge in [-0.25, -0.2) is 9.37 Å². The largest absolute Gasteiger partial charge is 0.352 e. The second-order valence-electron chi connectivity index (χ2n) is 6.48. The van der Waals surface area contributed by atoms with Crippen molar-refractivity contribution in [1.82, 2.24) is 15.2 Å². The molecule has 150 valence electrons. The Labute approximate surface area is 176 Å². The SMILES string of the molecule is N#Cc1cccnc1N1CCN(C(=O)CCNC(=O)c2cc(F)ccc2Br)CC1. The summed E-state index contributed by atoms with van der Waals surface area (Å²) in [6.07, 6.45) is 1.80. The predicted molar refractivity (Wildman–Crippen MR) is 109 cm³/mol. The molecular weight excluding hydrogens is 441 g/mol. The Balaban J connectivity index is 1.47. The van der Waals surface area contributed by atoms with Crippen LogP contribution in [0.1, 0.15) is 22.3 Å². The van der Waals surface area contributed by atoms with Crippen molar-refractivity contribution in [1.29, 1.82) is 5.26 Å². The summed E-state index contributed by atoms with van der Waals surface area (Å²) in [7, 11) is 0. The van der Waals surface area contributed by atoms with Crippen LogP contribution in [0.4, 0.5) is 10.2 Å². The number of nitrogens with zero attached hydrogens (tertiary/aromatic N) is 4. The molecule has 0 bridgehead atoms. The number of hydrogen-bond acceptors (Lipinski definition) is 5. The Morgan fingerprint density at radius 3 is 2.72 bits per heavy atom. The van der Waals surface area contributed by atoms with Gasteiger partial charge in [0.2, 0.25) is 5.91 Å². The lowest BCUT2D eigenvalue weighted by Crippen LogP contribution is -2.49. The smallest absolute Gasteiger partial charge is 0.252 e. The van der Waals surface area contributed by atoms with E-state index < -0.39 is 11.7 Å². The molecule has 2 heterocycles. The first kappa shape index (κ1) is 20.7. The number of anilines is 1. The lowest BCUT2D eigenvalue weighted by molar-refractivity contribution is -0.131. The van der Waals surface area contributed by atoms with Gasteiger partial charge in [-0.3, -0.25) is 9.59 Å². The third-order valence-electron chi connectivity index (χ3n) is 4.64. The molecule has 0 spiro atoms. The van der Waals surface area contributed by atoms with E-state index in [-0.39, 0.29) is 24.4 Å². The highest BCUT2D eigenvalue weighted by Gasteiger charge is 2.23. The molecule has 1 N–H and O–H groups in total. The number of hydrogen-bond donors (Lipinski definition) is 1. The Morgan fingerprint density at radius 1 is 1.24 bits per heavy atom. The highest BCUT2D eigenvalue weighted by molar-refractivity contribution is 9.10. The Hall–Kier alpha value is -2.99. The van der Waals surface area contributed by atoms with Crippen molar-refractivity contribution in [2.45, 2.75) is 6.42 Å². The summed E-state index contributed by atoms with van der Waals surface area (Å²) in [5.41, 5.74) is 0.702. The number of amides is 2. The Morgan fingerprint density at radius 2 is 2.00 bits per heavy atom. The van der Waals surface area contributed by atoms with Gasteiger partial charge in [-0.1, -0.05) is 0 Å². The standard InChI is InChI=1S/C20H19BrFN5O2/c21-17-4-3-15(22)12-16(17)20(29)25-7-5-18(28)26-8-10-27(11-9-26)19-14(13-23)2-1-6-24-19/h1-4,6,12H,5,7-11H2,(H,25,29). The van der Waals surface area contributed by atoms with Gasteiger partial charge in [-0.15, -0.1) is 0 Å². The first-order chi connectivity index (χ1) is 14.0. The van der Waals surface area contributed by atoms with Crippen molar-refractivity contribution in [3.8, 4) is 6.07 Å². The summed E-state index contributed by atoms with van der Waals surface area (Å²) in [5.74, 6) is -0.368. The quantitative estimate of drug-likeness (QED) is 0.740. The monoisotopic (exact) mass is 459 g/mol. The van der Waals surface area contributed by atoms with E-state index in [0.29, 0.717) is 42.0 Å². The number of pyridine rings is 1. The Kier molecular flexibility index (Phi) is 6.77. The summed E-state index contributed by atoms with van der Waals surface area (Å²) in [6, 6.07) is 9.45. The van der Waals surface area contributed by atoms with Crippen molar-refractivity contribution in [2.75, 3.05) is 37.6 Å². The zero-order valence-corrected chi connectivity index (χ0v) is 17.2. The molecular formula is C20H19BrFN5O2. The van der Waals surface area contributed by atoms with E-state index in [1.54, 1.807) is 23.2 Å². The lowest BCUT2D eigenvalue weighted by Gasteiger charge is -2.35. The molecule has 1 saturated heterocycles. The summed E-state index contributed by atoms with van der Waals surface area (Å²) >= 11 is 3.22. The van der Waals surface area contributed by atoms with Crippen molar-refractivity contribution in [3.05, 3.63) is 57.9 Å². The van der Waals surface area contributed by atoms with Crippen LogP contribution in [0.25, 0.3) is 0 Å². The van der Waals surface area contributed by atoms with Crippen LogP contribution in [-0.2, 0) is 4.79 Å². The maximum atomic E-state index is 13.3. The van der Waals surface area contributed by atoms with Gasteiger partial charge in [0, 0.05) is 49.8 Å². The fraction of sp³-hybridized carbons (Fsp3) is 0.300. The number of halogens is 2. The molecule has 3 rings (SSSR count). The lowest BCUT2D eigenvalue weighted by atomic mass is 10.2. The fourth-order valence-electron chi connectivity index (χ4n) is 3.11. The van der Waals surface area contributed by atoms with Crippen LogP contribution in [0.15, 0.2) is 41.0 Å². The van der Waals surface area contributed by atoms with Crippen molar-refractivity contribution in [3.63, 3.8) is 0 Å². The molecule has 0 aliphatic carbocycles. The summed E-state index contributed by atoms with van der Waals surface area (Å²) in [4.78, 5) is 32.6. The van der Waals surface area contributed by atoms with Crippen molar-refractivity contribution < 1.29 is 14.0 Å². The molecule has 1 aliphatic heterocycles. The number of rotatable bonds is 5. The number of benzene rings is 1. The highest BCUT2D eigenvalue weighted by Crippen LogP contribution is 2.19. The van der Waals surface area contributed by atoms with Gasteiger partial charge < -0.3 is 15.1 Å². The molecule has 0 unspecified atom stereocenters. The van der Waals surface area contributed by atoms with E-state index in [9.17, 15) is 19.2 Å². The zero-order chi connectivity index (χ0) is 20.8. The van der Waals surface area contributed by atoms with E-state index in [1.165, 1.54) is 12.1 Å². The van der Waals surface area contributed by atoms with Crippen LogP contribution >= 0.6 is 15.9 Å². The minimum atomic E-state index is -0.500. The van der Waals surface area contributed by atoms with Gasteiger partial charge in [-0.2, -0.15) is 5.26 Å². The molecule has 1 aliphatic rings. The zero-order valence-electron chi connectivity index (χ0n) is 15.6. The number of piperazine rings is 1. The maximum absolute atomic E-state index is 13.3. The van der Waals surface area contributed by atoms with Crippen LogP contribution in [0.5, 0.6) is 0 Å². The number of carbonyl (C=O) groups is 2. The molecule has 7 nitrogen and oxygen atoms in total. The van der Waals surface area contributed by atoms with E-state index in [2.05, 4.69) is 32.3 Å². The van der Waals surface area contributed by atoms with Crippen molar-refractivity contribution in [2.24, 2.45) is 0 Å². The van der Waals surface area contributed by atoms with Gasteiger partial charge in [0.15, 0.2) is 0 Å². The van der Waals surface area contributed by atoms with Crippen LogP contribution < -0.4 is 10.2 Å². The van der Waals surface area contributed by atoms with Gasteiger partial charge in [-0.05, 0) is 46.3 Å². The van der Waals surface area contributed by atoms with E-state index in [1.807, 2.05) is 4.90 Å². The molecule has 1 fully saturated rings. The molecule has 0 atom stereocenters. The molecule has 2 aromatic rings. The first-order valence-electron chi connectivity index (χ1n) is 9.10. The van der Waals surface area contributed by atoms with Crippen LogP contribution in [-0.4, -0.2) is 54.4 Å². The van der Waals surface area contributed by atoms with Gasteiger partial charge in [0.25, 0.3) is 5.91 Å². The number of nitriles is 1. The minimum Gasteiger partial charge on any atom is -0.352 e. The summed E-state index contributed by atoms with van der Waals surface area (Å²) in [5, 5.41) is 11.9. The number of carbonyl (C=O) groups excluding carboxylic acids is 2. The molecule has 1 aromatic carbocycles. The topological polar surface area (TPSA) is 89.3 Å². The van der Waals surface area contributed by atoms with E-state index in [0.717, 1.165) is 6.07 Å². The Bertz CT molecular complexity index is 954. The predicted octanol–water partition coefficient (Wildman–Crippen LogP) is 2.32. The summed E-state index contributed by atoms with van der Waals surface area (Å²) < 4.78 is 13.8. The molecule has 29 heavy (non-hydrogen) atoms. The van der Waals surface area contributed by atoms with Gasteiger partial charge >= 0.3 is 0 Å². The van der Waals surface area contributed by atoms with Crippen LogP contribution in [0.3, 0.4) is 0 Å². The van der Waals surface area contributed by atoms with E-state index >= 15 is 0 Å². The second kappa shape index (κ2) is 9.47. The van der Waals surface area contributed by atoms with Crippen LogP contribution in [0.2, 0.25) is 0 Å². The number of nitrogens with one attached hydrogen (secondary N) is 1. The average molecular weight is 460 g/mol. The minimum absolute atomic E-state index is 0.0650. The molecule has 0 radical (unpaired) electrons. The van der Waals surface area contributed by atoms with E-state index in [4.69, 9.17) is 0 Å². The fourth-order valence-corrected chi connectivity index (χ4v) is 3.54. The summed E-state index contributed by atoms with van der Waals surface area (Å²) in [6.45, 7) is 2.37. The van der Waals surface area contributed by atoms with Crippen molar-refractivity contribution >= 4 is 33.6 Å². The molecule has 9 heteroatoms.